The van der Waals surface area contributed by atoms with Crippen LogP contribution in [0.5, 0.6) is 0 Å². The first-order chi connectivity index (χ1) is 20.7. The van der Waals surface area contributed by atoms with Crippen LogP contribution in [0.2, 0.25) is 0 Å². The van der Waals surface area contributed by atoms with Crippen molar-refractivity contribution in [2.75, 3.05) is 39.5 Å². The minimum Gasteiger partial charge on any atom is -0.393 e. The van der Waals surface area contributed by atoms with Gasteiger partial charge in [-0.15, -0.1) is 0 Å². The van der Waals surface area contributed by atoms with Crippen LogP contribution in [0.15, 0.2) is 41.5 Å². The van der Waals surface area contributed by atoms with E-state index in [1.165, 1.54) is 24.0 Å². The van der Waals surface area contributed by atoms with Crippen molar-refractivity contribution in [3.63, 3.8) is 0 Å². The third-order valence-corrected chi connectivity index (χ3v) is 11.0. The fraction of sp³-hybridized carbons (Fsp3) is 0.703. The van der Waals surface area contributed by atoms with E-state index in [1.54, 1.807) is 11.1 Å². The first-order valence-corrected chi connectivity index (χ1v) is 16.9. The van der Waals surface area contributed by atoms with Crippen molar-refractivity contribution in [1.82, 2.24) is 10.6 Å². The lowest BCUT2D eigenvalue weighted by atomic mass is 9.52. The highest BCUT2D eigenvalue weighted by molar-refractivity contribution is 5.52. The number of nitrogens with one attached hydrogen (secondary N) is 2. The van der Waals surface area contributed by atoms with Crippen molar-refractivity contribution in [3.05, 3.63) is 52.6 Å². The predicted octanol–water partition coefficient (Wildman–Crippen LogP) is 6.25. The van der Waals surface area contributed by atoms with Gasteiger partial charge in [0.2, 0.25) is 0 Å². The number of hydrogen-bond acceptors (Lipinski definition) is 6. The van der Waals surface area contributed by atoms with E-state index in [9.17, 15) is 9.90 Å². The van der Waals surface area contributed by atoms with Gasteiger partial charge in [-0.1, -0.05) is 68.3 Å². The molecule has 0 amide bonds. The van der Waals surface area contributed by atoms with Gasteiger partial charge in [0.25, 0.3) is 0 Å². The zero-order valence-corrected chi connectivity index (χ0v) is 27.1. The first-order valence-electron chi connectivity index (χ1n) is 16.9. The molecule has 1 aliphatic heterocycles. The van der Waals surface area contributed by atoms with Crippen molar-refractivity contribution in [2.24, 2.45) is 28.6 Å². The Hall–Kier alpha value is -1.83. The number of fused-ring (bicyclic) bond motifs is 4. The molecule has 1 saturated heterocycles. The topological polar surface area (TPSA) is 79.8 Å². The van der Waals surface area contributed by atoms with Crippen LogP contribution < -0.4 is 10.6 Å². The Bertz CT molecular complexity index is 1130. The van der Waals surface area contributed by atoms with E-state index in [0.717, 1.165) is 77.8 Å². The lowest BCUT2D eigenvalue weighted by Crippen LogP contribution is -2.45. The third-order valence-electron chi connectivity index (χ3n) is 11.0. The zero-order chi connectivity index (χ0) is 30.5. The Morgan fingerprint density at radius 1 is 0.977 bits per heavy atom. The van der Waals surface area contributed by atoms with Gasteiger partial charge in [0.15, 0.2) is 0 Å². The molecule has 1 heterocycles. The molecule has 4 aliphatic rings. The summed E-state index contributed by atoms with van der Waals surface area (Å²) in [6.45, 7) is 13.1. The Morgan fingerprint density at radius 2 is 1.72 bits per heavy atom. The molecule has 3 fully saturated rings. The number of allylic oxidation sites excluding steroid dienone is 2. The van der Waals surface area contributed by atoms with Gasteiger partial charge in [-0.2, -0.15) is 0 Å². The monoisotopic (exact) mass is 592 g/mol. The molecule has 2 saturated carbocycles. The zero-order valence-electron chi connectivity index (χ0n) is 27.1. The second-order valence-electron chi connectivity index (χ2n) is 14.8. The highest BCUT2D eigenvalue weighted by Gasteiger charge is 2.56. The van der Waals surface area contributed by atoms with Crippen LogP contribution in [0.1, 0.15) is 96.1 Å². The molecule has 3 aliphatic carbocycles. The number of benzene rings is 1. The molecule has 0 radical (unpaired) electrons. The van der Waals surface area contributed by atoms with E-state index >= 15 is 0 Å². The van der Waals surface area contributed by atoms with Crippen molar-refractivity contribution < 1.29 is 19.4 Å². The van der Waals surface area contributed by atoms with Crippen LogP contribution in [-0.4, -0.2) is 63.2 Å². The number of aliphatic hydroxyl groups is 1. The van der Waals surface area contributed by atoms with Gasteiger partial charge in [-0.05, 0) is 92.6 Å². The number of carbonyl (C=O) groups excluding carboxylic acids is 1. The predicted molar refractivity (Wildman–Crippen MR) is 174 cm³/mol. The van der Waals surface area contributed by atoms with Gasteiger partial charge in [-0.25, -0.2) is 0 Å². The smallest absolute Gasteiger partial charge is 0.133 e. The van der Waals surface area contributed by atoms with Gasteiger partial charge in [0.05, 0.1) is 32.0 Å². The molecule has 6 heteroatoms. The summed E-state index contributed by atoms with van der Waals surface area (Å²) in [5.41, 5.74) is 6.05. The molecule has 7 unspecified atom stereocenters. The minimum atomic E-state index is -0.205. The van der Waals surface area contributed by atoms with Crippen LogP contribution >= 0.6 is 0 Å². The Labute approximate surface area is 260 Å². The van der Waals surface area contributed by atoms with Gasteiger partial charge in [0.1, 0.15) is 6.29 Å². The third kappa shape index (κ3) is 7.70. The fourth-order valence-electron chi connectivity index (χ4n) is 8.70. The molecule has 0 aromatic heterocycles. The second-order valence-corrected chi connectivity index (χ2v) is 14.8. The standard InChI is InChI=1S/C37H56N2O4/c1-26(39-19-20-40)38-18-5-7-27-9-11-28(12-10-27)32-23-37(4)33(15-16-34(37)41)31-14-13-29-17-22-43-25-36(2,3)24-42-21-6-8-30(29)35(31)32/h5,7,9-12,20,26,29,31-34,38-39,41H,6,8,13-19,21-25H2,1-4H3/b7-5+. The summed E-state index contributed by atoms with van der Waals surface area (Å²) >= 11 is 0. The maximum absolute atomic E-state index is 11.3. The summed E-state index contributed by atoms with van der Waals surface area (Å²) < 4.78 is 12.4. The molecule has 1 aromatic rings. The highest BCUT2D eigenvalue weighted by Crippen LogP contribution is 2.63. The molecule has 238 valence electrons. The quantitative estimate of drug-likeness (QED) is 0.188. The van der Waals surface area contributed by atoms with Crippen LogP contribution in [-0.2, 0) is 14.3 Å². The molecular weight excluding hydrogens is 536 g/mol. The normalized spacial score (nSPS) is 34.0. The maximum Gasteiger partial charge on any atom is 0.133 e. The number of ether oxygens (including phenoxy) is 2. The van der Waals surface area contributed by atoms with Gasteiger partial charge < -0.3 is 19.4 Å². The molecule has 0 spiro atoms. The first kappa shape index (κ1) is 32.6. The number of aldehydes is 1. The maximum atomic E-state index is 11.3. The number of carbonyl (C=O) groups is 1. The summed E-state index contributed by atoms with van der Waals surface area (Å²) in [4.78, 5) is 10.6. The summed E-state index contributed by atoms with van der Waals surface area (Å²) in [7, 11) is 0. The summed E-state index contributed by atoms with van der Waals surface area (Å²) in [6.07, 6.45) is 14.0. The van der Waals surface area contributed by atoms with Crippen molar-refractivity contribution in [2.45, 2.75) is 97.2 Å². The summed E-state index contributed by atoms with van der Waals surface area (Å²) in [6, 6.07) is 9.19. The number of hydrogen-bond donors (Lipinski definition) is 3. The average molecular weight is 593 g/mol. The minimum absolute atomic E-state index is 0.0196. The van der Waals surface area contributed by atoms with Crippen LogP contribution in [0.25, 0.3) is 6.08 Å². The van der Waals surface area contributed by atoms with Gasteiger partial charge >= 0.3 is 0 Å². The van der Waals surface area contributed by atoms with E-state index in [-0.39, 0.29) is 23.1 Å². The van der Waals surface area contributed by atoms with E-state index in [2.05, 4.69) is 67.8 Å². The Morgan fingerprint density at radius 3 is 2.49 bits per heavy atom. The molecule has 43 heavy (non-hydrogen) atoms. The van der Waals surface area contributed by atoms with Crippen molar-refractivity contribution in [1.29, 1.82) is 0 Å². The van der Waals surface area contributed by atoms with Crippen LogP contribution in [0.3, 0.4) is 0 Å². The Kier molecular flexibility index (Phi) is 11.0. The average Bonchev–Trinajstić information content (AvgIpc) is 3.29. The molecule has 7 atom stereocenters. The Balaban J connectivity index is 1.39. The molecule has 5 rings (SSSR count). The largest absolute Gasteiger partial charge is 0.393 e. The lowest BCUT2D eigenvalue weighted by molar-refractivity contribution is -0.107. The fourth-order valence-corrected chi connectivity index (χ4v) is 8.70. The van der Waals surface area contributed by atoms with Gasteiger partial charge in [-0.3, -0.25) is 10.6 Å². The summed E-state index contributed by atoms with van der Waals surface area (Å²) in [5.74, 6) is 2.09. The van der Waals surface area contributed by atoms with Crippen molar-refractivity contribution >= 4 is 12.4 Å². The van der Waals surface area contributed by atoms with Gasteiger partial charge in [0, 0.05) is 31.1 Å². The number of aliphatic hydroxyl groups excluding tert-OH is 1. The van der Waals surface area contributed by atoms with Crippen LogP contribution in [0, 0.1) is 28.6 Å². The van der Waals surface area contributed by atoms with E-state index in [1.807, 2.05) is 6.92 Å². The van der Waals surface area contributed by atoms with E-state index < -0.39 is 0 Å². The highest BCUT2D eigenvalue weighted by atomic mass is 16.5. The molecule has 3 N–H and O–H groups in total. The molecule has 1 aromatic carbocycles. The number of rotatable bonds is 8. The SMILES string of the molecule is CC(NCC=O)NC/C=C/c1ccc(C2CC3(C)C(O)CCC3C3CCC4CCOCC(C)(C)COCCCC4=C23)cc1. The lowest BCUT2D eigenvalue weighted by Gasteiger charge is -2.52. The molecular formula is C37H56N2O4. The second kappa shape index (κ2) is 14.5. The molecule has 6 nitrogen and oxygen atoms in total. The summed E-state index contributed by atoms with van der Waals surface area (Å²) in [5, 5.41) is 17.8. The van der Waals surface area contributed by atoms with E-state index in [4.69, 9.17) is 9.47 Å². The van der Waals surface area contributed by atoms with E-state index in [0.29, 0.717) is 30.2 Å². The molecule has 0 bridgehead atoms. The van der Waals surface area contributed by atoms with Crippen molar-refractivity contribution in [3.8, 4) is 0 Å². The van der Waals surface area contributed by atoms with Crippen LogP contribution in [0.4, 0.5) is 0 Å².